The Morgan fingerprint density at radius 3 is 2.30 bits per heavy atom. The third-order valence-electron chi connectivity index (χ3n) is 6.70. The van der Waals surface area contributed by atoms with Crippen molar-refractivity contribution in [2.75, 3.05) is 17.2 Å². The lowest BCUT2D eigenvalue weighted by molar-refractivity contribution is -0.115. The Kier molecular flexibility index (Phi) is 11.6. The van der Waals surface area contributed by atoms with E-state index >= 15 is 0 Å². The van der Waals surface area contributed by atoms with Crippen LogP contribution in [0.1, 0.15) is 29.8 Å². The predicted molar refractivity (Wildman–Crippen MR) is 194 cm³/mol. The number of carbonyl (C=O) groups is 3. The van der Waals surface area contributed by atoms with Gasteiger partial charge in [-0.3, -0.25) is 14.4 Å². The van der Waals surface area contributed by atoms with Gasteiger partial charge in [0.15, 0.2) is 5.13 Å². The molecule has 0 saturated carbocycles. The van der Waals surface area contributed by atoms with Gasteiger partial charge in [0.2, 0.25) is 5.91 Å². The molecule has 0 saturated heterocycles. The van der Waals surface area contributed by atoms with Gasteiger partial charge in [0.25, 0.3) is 11.8 Å². The average molecular weight is 728 g/mol. The first-order chi connectivity index (χ1) is 22.8. The molecule has 1 heterocycles. The van der Waals surface area contributed by atoms with Crippen LogP contribution in [0, 0.1) is 0 Å². The van der Waals surface area contributed by atoms with Gasteiger partial charge in [-0.05, 0) is 98.3 Å². The van der Waals surface area contributed by atoms with Crippen LogP contribution in [-0.4, -0.2) is 34.6 Å². The number of hydrogen-bond donors (Lipinski definition) is 3. The van der Waals surface area contributed by atoms with Crippen LogP contribution >= 0.6 is 39.0 Å². The van der Waals surface area contributed by atoms with Gasteiger partial charge < -0.3 is 20.7 Å². The summed E-state index contributed by atoms with van der Waals surface area (Å²) in [5.41, 5.74) is 3.53. The highest BCUT2D eigenvalue weighted by molar-refractivity contribution is 9.10. The van der Waals surface area contributed by atoms with E-state index < -0.39 is 17.1 Å². The Labute approximate surface area is 289 Å². The van der Waals surface area contributed by atoms with Crippen molar-refractivity contribution in [3.05, 3.63) is 130 Å². The molecule has 1 unspecified atom stereocenters. The fourth-order valence-corrected chi connectivity index (χ4v) is 6.15. The highest BCUT2D eigenvalue weighted by Crippen LogP contribution is 2.29. The Morgan fingerprint density at radius 2 is 1.62 bits per heavy atom. The number of amides is 3. The van der Waals surface area contributed by atoms with E-state index in [-0.39, 0.29) is 11.6 Å². The summed E-state index contributed by atoms with van der Waals surface area (Å²) >= 11 is 6.17. The largest absolute Gasteiger partial charge is 0.494 e. The summed E-state index contributed by atoms with van der Waals surface area (Å²) in [6.07, 6.45) is 1.62. The monoisotopic (exact) mass is 726 g/mol. The van der Waals surface area contributed by atoms with E-state index in [2.05, 4.69) is 36.9 Å². The minimum Gasteiger partial charge on any atom is -0.494 e. The van der Waals surface area contributed by atoms with E-state index in [0.717, 1.165) is 31.9 Å². The summed E-state index contributed by atoms with van der Waals surface area (Å²) in [6.45, 7) is 4.37. The van der Waals surface area contributed by atoms with Gasteiger partial charge >= 0.3 is 0 Å². The summed E-state index contributed by atoms with van der Waals surface area (Å²) in [5, 5.41) is 10.5. The molecule has 11 heteroatoms. The van der Waals surface area contributed by atoms with Crippen LogP contribution in [0.4, 0.5) is 10.8 Å². The Bertz CT molecular complexity index is 1860. The molecule has 3 amide bonds. The molecule has 5 rings (SSSR count). The standard InChI is InChI=1S/C36H31BrN4O4S2/c1-3-45-29-17-11-25(12-18-29)32-22-46-36(40-32)41-33(42)23(2)47-30-19-15-28(16-20-30)38-35(44)31(21-24-9-13-27(37)14-10-24)39-34(43)26-7-5-4-6-8-26/h4-23H,3H2,1-2H3,(H,38,44)(H,39,43)(H,40,41,42)/b31-21-. The van der Waals surface area contributed by atoms with Gasteiger partial charge in [-0.25, -0.2) is 4.98 Å². The fourth-order valence-electron chi connectivity index (χ4n) is 4.30. The summed E-state index contributed by atoms with van der Waals surface area (Å²) in [7, 11) is 0. The average Bonchev–Trinajstić information content (AvgIpc) is 3.55. The molecule has 5 aromatic rings. The number of rotatable bonds is 12. The number of hydrogen-bond acceptors (Lipinski definition) is 7. The summed E-state index contributed by atoms with van der Waals surface area (Å²) < 4.78 is 6.40. The first-order valence-corrected chi connectivity index (χ1v) is 17.2. The molecule has 47 heavy (non-hydrogen) atoms. The second kappa shape index (κ2) is 16.2. The minimum absolute atomic E-state index is 0.0952. The molecule has 238 valence electrons. The van der Waals surface area contributed by atoms with Crippen LogP contribution in [0.25, 0.3) is 17.3 Å². The third kappa shape index (κ3) is 9.65. The topological polar surface area (TPSA) is 109 Å². The van der Waals surface area contributed by atoms with Gasteiger partial charge in [-0.1, -0.05) is 46.3 Å². The van der Waals surface area contributed by atoms with E-state index in [1.165, 1.54) is 23.1 Å². The maximum atomic E-state index is 13.3. The van der Waals surface area contributed by atoms with Crippen molar-refractivity contribution in [2.24, 2.45) is 0 Å². The van der Waals surface area contributed by atoms with Crippen LogP contribution < -0.4 is 20.7 Å². The van der Waals surface area contributed by atoms with E-state index in [4.69, 9.17) is 4.74 Å². The maximum Gasteiger partial charge on any atom is 0.272 e. The van der Waals surface area contributed by atoms with Crippen LogP contribution in [0.3, 0.4) is 0 Å². The van der Waals surface area contributed by atoms with Crippen molar-refractivity contribution in [3.63, 3.8) is 0 Å². The number of carbonyl (C=O) groups excluding carboxylic acids is 3. The van der Waals surface area contributed by atoms with Crippen LogP contribution in [-0.2, 0) is 9.59 Å². The Hall–Kier alpha value is -4.71. The van der Waals surface area contributed by atoms with Crippen molar-refractivity contribution >= 4 is 73.6 Å². The molecule has 0 spiro atoms. The number of thiazole rings is 1. The van der Waals surface area contributed by atoms with Crippen LogP contribution in [0.5, 0.6) is 5.75 Å². The number of anilines is 2. The van der Waals surface area contributed by atoms with Crippen molar-refractivity contribution in [3.8, 4) is 17.0 Å². The fraction of sp³-hybridized carbons (Fsp3) is 0.111. The lowest BCUT2D eigenvalue weighted by Crippen LogP contribution is -2.30. The summed E-state index contributed by atoms with van der Waals surface area (Å²) in [5.74, 6) is -0.240. The van der Waals surface area contributed by atoms with Crippen molar-refractivity contribution in [2.45, 2.75) is 24.0 Å². The molecule has 0 bridgehead atoms. The summed E-state index contributed by atoms with van der Waals surface area (Å²) in [6, 6.07) is 30.9. The Balaban J connectivity index is 1.19. The normalized spacial score (nSPS) is 11.8. The van der Waals surface area contributed by atoms with Gasteiger partial charge in [0.05, 0.1) is 17.6 Å². The van der Waals surface area contributed by atoms with Crippen LogP contribution in [0.2, 0.25) is 0 Å². The van der Waals surface area contributed by atoms with Crippen molar-refractivity contribution in [1.29, 1.82) is 0 Å². The molecule has 0 aliphatic heterocycles. The molecular formula is C36H31BrN4O4S2. The van der Waals surface area contributed by atoms with E-state index in [1.807, 2.05) is 86.0 Å². The molecule has 0 aliphatic rings. The van der Waals surface area contributed by atoms with E-state index in [1.54, 1.807) is 42.5 Å². The van der Waals surface area contributed by atoms with Crippen molar-refractivity contribution < 1.29 is 19.1 Å². The molecule has 8 nitrogen and oxygen atoms in total. The number of aromatic nitrogens is 1. The summed E-state index contributed by atoms with van der Waals surface area (Å²) in [4.78, 5) is 44.6. The van der Waals surface area contributed by atoms with E-state index in [9.17, 15) is 14.4 Å². The first kappa shape index (κ1) is 33.6. The number of halogens is 1. The molecule has 0 aliphatic carbocycles. The van der Waals surface area contributed by atoms with Gasteiger partial charge in [-0.15, -0.1) is 23.1 Å². The SMILES string of the molecule is CCOc1ccc(-c2csc(NC(=O)C(C)Sc3ccc(NC(=O)/C(=C/c4ccc(Br)cc4)NC(=O)c4ccccc4)cc3)n2)cc1. The molecule has 4 aromatic carbocycles. The van der Waals surface area contributed by atoms with Gasteiger partial charge in [0, 0.05) is 31.6 Å². The zero-order valence-electron chi connectivity index (χ0n) is 25.5. The number of benzene rings is 4. The highest BCUT2D eigenvalue weighted by atomic mass is 79.9. The molecule has 0 radical (unpaired) electrons. The second-order valence-electron chi connectivity index (χ2n) is 10.2. The number of nitrogens with zero attached hydrogens (tertiary/aromatic N) is 1. The molecule has 1 atom stereocenters. The maximum absolute atomic E-state index is 13.3. The zero-order valence-corrected chi connectivity index (χ0v) is 28.7. The molecule has 3 N–H and O–H groups in total. The van der Waals surface area contributed by atoms with E-state index in [0.29, 0.717) is 23.0 Å². The quantitative estimate of drug-likeness (QED) is 0.0879. The molecular weight excluding hydrogens is 696 g/mol. The van der Waals surface area contributed by atoms with Gasteiger partial charge in [-0.2, -0.15) is 0 Å². The number of thioether (sulfide) groups is 1. The van der Waals surface area contributed by atoms with Crippen LogP contribution in [0.15, 0.2) is 124 Å². The predicted octanol–water partition coefficient (Wildman–Crippen LogP) is 8.50. The zero-order chi connectivity index (χ0) is 33.2. The smallest absolute Gasteiger partial charge is 0.272 e. The Morgan fingerprint density at radius 1 is 0.915 bits per heavy atom. The second-order valence-corrected chi connectivity index (χ2v) is 13.3. The lowest BCUT2D eigenvalue weighted by atomic mass is 10.1. The van der Waals surface area contributed by atoms with Crippen molar-refractivity contribution in [1.82, 2.24) is 10.3 Å². The molecule has 0 fully saturated rings. The minimum atomic E-state index is -0.474. The number of nitrogens with one attached hydrogen (secondary N) is 3. The third-order valence-corrected chi connectivity index (χ3v) is 9.10. The highest BCUT2D eigenvalue weighted by Gasteiger charge is 2.18. The lowest BCUT2D eigenvalue weighted by Gasteiger charge is -2.13. The van der Waals surface area contributed by atoms with Gasteiger partial charge in [0.1, 0.15) is 11.4 Å². The first-order valence-electron chi connectivity index (χ1n) is 14.7. The number of ether oxygens (including phenoxy) is 1. The molecule has 1 aromatic heterocycles.